The van der Waals surface area contributed by atoms with Gasteiger partial charge < -0.3 is 5.11 Å². The average molecular weight is 187 g/mol. The molecule has 0 radical (unpaired) electrons. The standard InChI is InChI=1S/C12H13NO/c1-10(9-13)12(14)8-7-11-5-3-2-4-6-11/h2-8,10,12,14H,1H3/b8-7+. The minimum absolute atomic E-state index is 0.366. The van der Waals surface area contributed by atoms with Gasteiger partial charge in [-0.25, -0.2) is 0 Å². The van der Waals surface area contributed by atoms with Crippen molar-refractivity contribution >= 4 is 6.08 Å². The van der Waals surface area contributed by atoms with E-state index in [0.717, 1.165) is 5.56 Å². The number of aliphatic hydroxyl groups is 1. The van der Waals surface area contributed by atoms with Crippen LogP contribution in [-0.2, 0) is 0 Å². The van der Waals surface area contributed by atoms with Gasteiger partial charge in [-0.2, -0.15) is 5.26 Å². The van der Waals surface area contributed by atoms with Crippen molar-refractivity contribution in [2.75, 3.05) is 0 Å². The number of benzene rings is 1. The highest BCUT2D eigenvalue weighted by atomic mass is 16.3. The molecule has 0 amide bonds. The van der Waals surface area contributed by atoms with Gasteiger partial charge in [0.05, 0.1) is 18.1 Å². The van der Waals surface area contributed by atoms with Crippen LogP contribution in [0.15, 0.2) is 36.4 Å². The third kappa shape index (κ3) is 3.04. The predicted octanol–water partition coefficient (Wildman–Crippen LogP) is 2.22. The Morgan fingerprint density at radius 3 is 2.57 bits per heavy atom. The lowest BCUT2D eigenvalue weighted by molar-refractivity contribution is 0.189. The summed E-state index contributed by atoms with van der Waals surface area (Å²) in [4.78, 5) is 0. The molecule has 1 aromatic rings. The first-order valence-corrected chi connectivity index (χ1v) is 4.55. The third-order valence-electron chi connectivity index (χ3n) is 2.00. The van der Waals surface area contributed by atoms with Crippen molar-refractivity contribution in [1.29, 1.82) is 5.26 Å². The van der Waals surface area contributed by atoms with Crippen LogP contribution in [0.3, 0.4) is 0 Å². The summed E-state index contributed by atoms with van der Waals surface area (Å²) in [5, 5.41) is 18.0. The van der Waals surface area contributed by atoms with Crippen LogP contribution < -0.4 is 0 Å². The van der Waals surface area contributed by atoms with E-state index in [0.29, 0.717) is 0 Å². The summed E-state index contributed by atoms with van der Waals surface area (Å²) < 4.78 is 0. The molecule has 0 heterocycles. The Morgan fingerprint density at radius 1 is 1.36 bits per heavy atom. The van der Waals surface area contributed by atoms with Crippen LogP contribution in [0.1, 0.15) is 12.5 Å². The Hall–Kier alpha value is -1.59. The third-order valence-corrected chi connectivity index (χ3v) is 2.00. The molecule has 0 aliphatic rings. The van der Waals surface area contributed by atoms with E-state index in [1.165, 1.54) is 0 Å². The second-order valence-electron chi connectivity index (χ2n) is 3.18. The monoisotopic (exact) mass is 187 g/mol. The Morgan fingerprint density at radius 2 is 2.00 bits per heavy atom. The normalized spacial score (nSPS) is 14.9. The Balaban J connectivity index is 2.61. The van der Waals surface area contributed by atoms with Gasteiger partial charge in [0.25, 0.3) is 0 Å². The lowest BCUT2D eigenvalue weighted by atomic mass is 10.1. The average Bonchev–Trinajstić information content (AvgIpc) is 2.26. The van der Waals surface area contributed by atoms with E-state index in [-0.39, 0.29) is 5.92 Å². The van der Waals surface area contributed by atoms with Gasteiger partial charge in [0.15, 0.2) is 0 Å². The fourth-order valence-corrected chi connectivity index (χ4v) is 1.02. The van der Waals surface area contributed by atoms with Gasteiger partial charge in [-0.3, -0.25) is 0 Å². The fraction of sp³-hybridized carbons (Fsp3) is 0.250. The topological polar surface area (TPSA) is 44.0 Å². The summed E-state index contributed by atoms with van der Waals surface area (Å²) in [6.07, 6.45) is 2.77. The molecular weight excluding hydrogens is 174 g/mol. The van der Waals surface area contributed by atoms with Crippen LogP contribution in [0.4, 0.5) is 0 Å². The predicted molar refractivity (Wildman–Crippen MR) is 56.3 cm³/mol. The maximum Gasteiger partial charge on any atom is 0.0879 e. The van der Waals surface area contributed by atoms with Gasteiger partial charge in [0.1, 0.15) is 0 Å². The maximum absolute atomic E-state index is 9.47. The van der Waals surface area contributed by atoms with Crippen molar-refractivity contribution in [1.82, 2.24) is 0 Å². The molecular formula is C12H13NO. The van der Waals surface area contributed by atoms with Gasteiger partial charge >= 0.3 is 0 Å². The number of aliphatic hydroxyl groups excluding tert-OH is 1. The van der Waals surface area contributed by atoms with Gasteiger partial charge in [-0.05, 0) is 12.5 Å². The van der Waals surface area contributed by atoms with Crippen molar-refractivity contribution in [3.63, 3.8) is 0 Å². The zero-order valence-electron chi connectivity index (χ0n) is 8.09. The van der Waals surface area contributed by atoms with Gasteiger partial charge in [0.2, 0.25) is 0 Å². The Labute approximate surface area is 84.1 Å². The molecule has 0 fully saturated rings. The largest absolute Gasteiger partial charge is 0.388 e. The van der Waals surface area contributed by atoms with Crippen LogP contribution in [0.2, 0.25) is 0 Å². The van der Waals surface area contributed by atoms with Crippen LogP contribution in [0, 0.1) is 17.2 Å². The molecule has 72 valence electrons. The summed E-state index contributed by atoms with van der Waals surface area (Å²) in [6.45, 7) is 1.69. The Bertz CT molecular complexity index is 337. The highest BCUT2D eigenvalue weighted by molar-refractivity contribution is 5.49. The lowest BCUT2D eigenvalue weighted by Crippen LogP contribution is -2.12. The minimum atomic E-state index is -0.694. The van der Waals surface area contributed by atoms with Crippen molar-refractivity contribution in [3.8, 4) is 6.07 Å². The summed E-state index contributed by atoms with van der Waals surface area (Å²) in [7, 11) is 0. The summed E-state index contributed by atoms with van der Waals surface area (Å²) in [5.41, 5.74) is 1.02. The van der Waals surface area contributed by atoms with Crippen molar-refractivity contribution in [3.05, 3.63) is 42.0 Å². The summed E-state index contributed by atoms with van der Waals surface area (Å²) >= 11 is 0. The van der Waals surface area contributed by atoms with Crippen molar-refractivity contribution < 1.29 is 5.11 Å². The molecule has 1 aromatic carbocycles. The number of hydrogen-bond acceptors (Lipinski definition) is 2. The molecule has 2 heteroatoms. The highest BCUT2D eigenvalue weighted by Crippen LogP contribution is 2.06. The minimum Gasteiger partial charge on any atom is -0.388 e. The number of hydrogen-bond donors (Lipinski definition) is 1. The van der Waals surface area contributed by atoms with Gasteiger partial charge in [0, 0.05) is 0 Å². The molecule has 0 aliphatic carbocycles. The first-order chi connectivity index (χ1) is 6.74. The molecule has 0 saturated carbocycles. The van der Waals surface area contributed by atoms with Crippen LogP contribution in [-0.4, -0.2) is 11.2 Å². The summed E-state index contributed by atoms with van der Waals surface area (Å²) in [5.74, 6) is -0.366. The molecule has 1 N–H and O–H groups in total. The molecule has 0 saturated heterocycles. The molecule has 14 heavy (non-hydrogen) atoms. The molecule has 2 nitrogen and oxygen atoms in total. The first-order valence-electron chi connectivity index (χ1n) is 4.55. The van der Waals surface area contributed by atoms with E-state index in [2.05, 4.69) is 0 Å². The molecule has 2 atom stereocenters. The SMILES string of the molecule is CC(C#N)C(O)/C=C/c1ccccc1. The second kappa shape index (κ2) is 5.21. The maximum atomic E-state index is 9.47. The van der Waals surface area contributed by atoms with E-state index in [1.807, 2.05) is 42.5 Å². The number of rotatable bonds is 3. The fourth-order valence-electron chi connectivity index (χ4n) is 1.02. The zero-order valence-corrected chi connectivity index (χ0v) is 8.09. The lowest BCUT2D eigenvalue weighted by Gasteiger charge is -2.05. The van der Waals surface area contributed by atoms with E-state index < -0.39 is 6.10 Å². The molecule has 1 rings (SSSR count). The van der Waals surface area contributed by atoms with Gasteiger partial charge in [-0.1, -0.05) is 42.5 Å². The molecule has 0 aliphatic heterocycles. The molecule has 2 unspecified atom stereocenters. The van der Waals surface area contributed by atoms with Crippen LogP contribution in [0.5, 0.6) is 0 Å². The smallest absolute Gasteiger partial charge is 0.0879 e. The van der Waals surface area contributed by atoms with E-state index in [4.69, 9.17) is 5.26 Å². The van der Waals surface area contributed by atoms with Crippen LogP contribution >= 0.6 is 0 Å². The van der Waals surface area contributed by atoms with Crippen LogP contribution in [0.25, 0.3) is 6.08 Å². The van der Waals surface area contributed by atoms with E-state index in [1.54, 1.807) is 13.0 Å². The Kier molecular flexibility index (Phi) is 3.90. The molecule has 0 aromatic heterocycles. The van der Waals surface area contributed by atoms with Crippen molar-refractivity contribution in [2.24, 2.45) is 5.92 Å². The molecule has 0 spiro atoms. The van der Waals surface area contributed by atoms with E-state index in [9.17, 15) is 5.11 Å². The molecule has 0 bridgehead atoms. The highest BCUT2D eigenvalue weighted by Gasteiger charge is 2.08. The number of nitrogens with zero attached hydrogens (tertiary/aromatic N) is 1. The first kappa shape index (κ1) is 10.5. The van der Waals surface area contributed by atoms with E-state index >= 15 is 0 Å². The summed E-state index contributed by atoms with van der Waals surface area (Å²) in [6, 6.07) is 11.7. The second-order valence-corrected chi connectivity index (χ2v) is 3.18. The number of nitriles is 1. The zero-order chi connectivity index (χ0) is 10.4. The van der Waals surface area contributed by atoms with Crippen molar-refractivity contribution in [2.45, 2.75) is 13.0 Å². The quantitative estimate of drug-likeness (QED) is 0.788. The van der Waals surface area contributed by atoms with Gasteiger partial charge in [-0.15, -0.1) is 0 Å².